The number of H-pyrrole nitrogens is 1. The quantitative estimate of drug-likeness (QED) is 0.329. The number of carbonyl (C=O) groups excluding carboxylic acids is 1. The minimum Gasteiger partial charge on any atom is -0.369 e. The lowest BCUT2D eigenvalue weighted by molar-refractivity contribution is -0.149. The molecule has 2 aromatic rings. The third-order valence-electron chi connectivity index (χ3n) is 5.98. The number of aromatic nitrogens is 3. The van der Waals surface area contributed by atoms with Gasteiger partial charge in [0.2, 0.25) is 11.9 Å². The number of aromatic amines is 1. The number of phosphoric ester groups is 1. The largest absolute Gasteiger partial charge is 0.472 e. The van der Waals surface area contributed by atoms with Gasteiger partial charge in [0.1, 0.15) is 12.3 Å². The highest BCUT2D eigenvalue weighted by molar-refractivity contribution is 7.47. The van der Waals surface area contributed by atoms with Gasteiger partial charge in [-0.1, -0.05) is 0 Å². The first-order valence-corrected chi connectivity index (χ1v) is 13.1. The second-order valence-electron chi connectivity index (χ2n) is 9.48. The average molecular weight is 547 g/mol. The predicted molar refractivity (Wildman–Crippen MR) is 127 cm³/mol. The van der Waals surface area contributed by atoms with E-state index in [1.807, 2.05) is 0 Å². The van der Waals surface area contributed by atoms with Crippen molar-refractivity contribution in [2.24, 2.45) is 0 Å². The Bertz CT molecular complexity index is 1250. The van der Waals surface area contributed by atoms with Crippen molar-refractivity contribution in [3.63, 3.8) is 0 Å². The Hall–Kier alpha value is -2.39. The van der Waals surface area contributed by atoms with Crippen LogP contribution in [0.3, 0.4) is 0 Å². The number of halogens is 1. The lowest BCUT2D eigenvalue weighted by Gasteiger charge is -2.26. The van der Waals surface area contributed by atoms with Crippen LogP contribution < -0.4 is 16.6 Å². The summed E-state index contributed by atoms with van der Waals surface area (Å²) in [6.45, 7) is 5.61. The number of alkyl halides is 1. The minimum atomic E-state index is -4.62. The standard InChI is InChI=1S/C21H31FN5O9P/c1-10-16(36-21(3,4)35-10)15(24-11(2)28)9-33-37(30,31)32-8-12-7-14(22)19(34-12)27-6-5-13-17(27)25-20(23)26-18(13)29/h5-6,10,12,14-16,19H,7-9H2,1-4H3,(H,24,28)(H,30,31)(H3,23,25,26,29)/t10-,12+,14?,15+,16-,19-/m1/s1. The molecule has 1 amide bonds. The number of carbonyl (C=O) groups is 1. The normalized spacial score (nSPS) is 29.8. The maximum Gasteiger partial charge on any atom is 0.472 e. The van der Waals surface area contributed by atoms with Crippen molar-refractivity contribution in [2.75, 3.05) is 18.9 Å². The van der Waals surface area contributed by atoms with E-state index in [-0.39, 0.29) is 23.4 Å². The fraction of sp³-hybridized carbons (Fsp3) is 0.667. The van der Waals surface area contributed by atoms with Gasteiger partial charge in [-0.05, 0) is 26.8 Å². The summed E-state index contributed by atoms with van der Waals surface area (Å²) in [7, 11) is -4.62. The van der Waals surface area contributed by atoms with Crippen LogP contribution in [-0.4, -0.2) is 74.9 Å². The molecule has 5 N–H and O–H groups in total. The molecule has 14 nitrogen and oxygen atoms in total. The molecule has 7 atom stereocenters. The zero-order chi connectivity index (χ0) is 27.1. The number of fused-ring (bicyclic) bond motifs is 1. The zero-order valence-corrected chi connectivity index (χ0v) is 21.6. The van der Waals surface area contributed by atoms with Crippen molar-refractivity contribution in [1.82, 2.24) is 19.9 Å². The van der Waals surface area contributed by atoms with Gasteiger partial charge >= 0.3 is 7.82 Å². The molecule has 2 aromatic heterocycles. The summed E-state index contributed by atoms with van der Waals surface area (Å²) in [5, 5.41) is 2.85. The summed E-state index contributed by atoms with van der Waals surface area (Å²) in [5.74, 6) is -1.42. The second-order valence-corrected chi connectivity index (χ2v) is 10.9. The van der Waals surface area contributed by atoms with Gasteiger partial charge in [-0.25, -0.2) is 8.96 Å². The van der Waals surface area contributed by atoms with E-state index in [4.69, 9.17) is 29.0 Å². The molecule has 4 heterocycles. The van der Waals surface area contributed by atoms with Crippen molar-refractivity contribution in [3.05, 3.63) is 22.6 Å². The number of nitrogens with one attached hydrogen (secondary N) is 2. The molecule has 2 aliphatic heterocycles. The third kappa shape index (κ3) is 6.37. The lowest BCUT2D eigenvalue weighted by Crippen LogP contribution is -2.49. The van der Waals surface area contributed by atoms with Gasteiger partial charge in [0.25, 0.3) is 5.56 Å². The molecule has 2 saturated heterocycles. The summed E-state index contributed by atoms with van der Waals surface area (Å²) in [5.41, 5.74) is 5.27. The number of hydrogen-bond donors (Lipinski definition) is 4. The number of anilines is 1. The number of nitrogen functional groups attached to an aromatic ring is 1. The van der Waals surface area contributed by atoms with E-state index >= 15 is 0 Å². The SMILES string of the molecule is CC(=O)N[C@@H](COP(=O)(O)OC[C@@H]1CC(F)[C@H](n2ccc3c(=O)[nH]c(N)nc32)O1)[C@@H]1OC(C)(C)O[C@@H]1C. The molecule has 2 unspecified atom stereocenters. The first kappa shape index (κ1) is 27.6. The van der Waals surface area contributed by atoms with Crippen LogP contribution in [0.4, 0.5) is 10.3 Å². The van der Waals surface area contributed by atoms with Gasteiger partial charge in [-0.3, -0.25) is 23.6 Å². The molecule has 2 fully saturated rings. The number of nitrogens with zero attached hydrogens (tertiary/aromatic N) is 2. The maximum atomic E-state index is 14.8. The molecule has 0 saturated carbocycles. The molecule has 2 aliphatic rings. The molecular weight excluding hydrogens is 516 g/mol. The summed E-state index contributed by atoms with van der Waals surface area (Å²) >= 11 is 0. The van der Waals surface area contributed by atoms with Gasteiger partial charge < -0.3 is 34.7 Å². The van der Waals surface area contributed by atoms with Crippen LogP contribution in [0.25, 0.3) is 11.0 Å². The Labute approximate surface area is 211 Å². The van der Waals surface area contributed by atoms with Crippen molar-refractivity contribution < 1.29 is 41.9 Å². The molecule has 37 heavy (non-hydrogen) atoms. The highest BCUT2D eigenvalue weighted by atomic mass is 31.2. The first-order valence-electron chi connectivity index (χ1n) is 11.6. The topological polar surface area (TPSA) is 189 Å². The third-order valence-corrected chi connectivity index (χ3v) is 6.93. The Morgan fingerprint density at radius 2 is 2.19 bits per heavy atom. The maximum absolute atomic E-state index is 14.8. The lowest BCUT2D eigenvalue weighted by atomic mass is 10.1. The summed E-state index contributed by atoms with van der Waals surface area (Å²) < 4.78 is 56.0. The van der Waals surface area contributed by atoms with Crippen molar-refractivity contribution >= 4 is 30.7 Å². The predicted octanol–water partition coefficient (Wildman–Crippen LogP) is 1.11. The van der Waals surface area contributed by atoms with Gasteiger partial charge in [-0.15, -0.1) is 0 Å². The van der Waals surface area contributed by atoms with Crippen LogP contribution in [0.5, 0.6) is 0 Å². The number of ether oxygens (including phenoxy) is 3. The van der Waals surface area contributed by atoms with E-state index in [2.05, 4.69) is 15.3 Å². The fourth-order valence-electron chi connectivity index (χ4n) is 4.56. The fourth-order valence-corrected chi connectivity index (χ4v) is 5.34. The van der Waals surface area contributed by atoms with Gasteiger partial charge in [0.15, 0.2) is 17.7 Å². The van der Waals surface area contributed by atoms with Crippen LogP contribution in [0.15, 0.2) is 17.1 Å². The molecule has 206 valence electrons. The van der Waals surface area contributed by atoms with Crippen molar-refractivity contribution in [2.45, 2.75) is 76.7 Å². The van der Waals surface area contributed by atoms with Gasteiger partial charge in [0.05, 0.1) is 36.8 Å². The van der Waals surface area contributed by atoms with Crippen LogP contribution in [0.1, 0.15) is 40.3 Å². The monoisotopic (exact) mass is 547 g/mol. The minimum absolute atomic E-state index is 0.130. The Morgan fingerprint density at radius 3 is 2.84 bits per heavy atom. The average Bonchev–Trinajstić information content (AvgIpc) is 3.43. The molecule has 16 heteroatoms. The summed E-state index contributed by atoms with van der Waals surface area (Å²) in [4.78, 5) is 40.3. The van der Waals surface area contributed by atoms with Crippen molar-refractivity contribution in [3.8, 4) is 0 Å². The first-order chi connectivity index (χ1) is 17.2. The van der Waals surface area contributed by atoms with Crippen molar-refractivity contribution in [1.29, 1.82) is 0 Å². The van der Waals surface area contributed by atoms with Crippen LogP contribution in [0, 0.1) is 0 Å². The van der Waals surface area contributed by atoms with Crippen LogP contribution in [0.2, 0.25) is 0 Å². The number of phosphoric acid groups is 1. The second kappa shape index (κ2) is 10.4. The van der Waals surface area contributed by atoms with Gasteiger partial charge in [-0.2, -0.15) is 4.98 Å². The molecule has 4 rings (SSSR count). The smallest absolute Gasteiger partial charge is 0.369 e. The number of nitrogens with two attached hydrogens (primary N) is 1. The Balaban J connectivity index is 1.35. The number of amides is 1. The van der Waals surface area contributed by atoms with Crippen LogP contribution in [-0.2, 0) is 32.6 Å². The molecule has 0 aliphatic carbocycles. The van der Waals surface area contributed by atoms with E-state index in [1.165, 1.54) is 23.8 Å². The Morgan fingerprint density at radius 1 is 1.46 bits per heavy atom. The molecule has 0 bridgehead atoms. The van der Waals surface area contributed by atoms with E-state index in [0.717, 1.165) is 0 Å². The molecular formula is C21H31FN5O9P. The summed E-state index contributed by atoms with van der Waals surface area (Å²) in [6, 6.07) is 0.661. The number of hydrogen-bond acceptors (Lipinski definition) is 10. The zero-order valence-electron chi connectivity index (χ0n) is 20.8. The molecule has 0 aromatic carbocycles. The molecule has 0 radical (unpaired) electrons. The Kier molecular flexibility index (Phi) is 7.77. The molecule has 0 spiro atoms. The number of rotatable bonds is 9. The van der Waals surface area contributed by atoms with Gasteiger partial charge in [0, 0.05) is 19.5 Å². The van der Waals surface area contributed by atoms with E-state index in [9.17, 15) is 23.4 Å². The van der Waals surface area contributed by atoms with Crippen LogP contribution >= 0.6 is 7.82 Å². The highest BCUT2D eigenvalue weighted by Crippen LogP contribution is 2.45. The van der Waals surface area contributed by atoms with E-state index in [1.54, 1.807) is 20.8 Å². The van der Waals surface area contributed by atoms with E-state index < -0.39 is 75.0 Å². The summed E-state index contributed by atoms with van der Waals surface area (Å²) in [6.07, 6.45) is -3.31. The van der Waals surface area contributed by atoms with E-state index in [0.29, 0.717) is 0 Å². The highest BCUT2D eigenvalue weighted by Gasteiger charge is 2.44.